The van der Waals surface area contributed by atoms with Crippen LogP contribution in [0.4, 0.5) is 0 Å². The van der Waals surface area contributed by atoms with E-state index in [1.807, 2.05) is 0 Å². The summed E-state index contributed by atoms with van der Waals surface area (Å²) in [5, 5.41) is 12.6. The summed E-state index contributed by atoms with van der Waals surface area (Å²) in [6, 6.07) is 0. The lowest BCUT2D eigenvalue weighted by Gasteiger charge is -2.15. The topological polar surface area (TPSA) is 131 Å². The minimum Gasteiger partial charge on any atom is -0.463 e. The van der Waals surface area contributed by atoms with Gasteiger partial charge in [0.15, 0.2) is 0 Å². The van der Waals surface area contributed by atoms with Crippen molar-refractivity contribution in [3.63, 3.8) is 0 Å². The molecule has 0 spiro atoms. The molecule has 0 saturated carbocycles. The lowest BCUT2D eigenvalue weighted by Crippen LogP contribution is -2.27. The number of phosphoric ester groups is 1. The number of phosphoric acid groups is 1. The van der Waals surface area contributed by atoms with Gasteiger partial charge < -0.3 is 20.1 Å². The third kappa shape index (κ3) is 30.5. The van der Waals surface area contributed by atoms with E-state index in [0.717, 1.165) is 38.5 Å². The molecule has 3 N–H and O–H groups in total. The second-order valence-corrected chi connectivity index (χ2v) is 13.0. The number of rotatable bonds is 32. The van der Waals surface area contributed by atoms with Gasteiger partial charge in [-0.2, -0.15) is 0 Å². The SMILES string of the molecule is CCCCCCCCCCCCCC(=O)OCC(O)COP(=O)(O)OCCNC(=O)CCCCCCCCCCCC. The zero-order chi connectivity index (χ0) is 31.2. The molecule has 250 valence electrons. The first kappa shape index (κ1) is 41.0. The molecule has 2 unspecified atom stereocenters. The fourth-order valence-electron chi connectivity index (χ4n) is 4.67. The molecule has 0 aliphatic heterocycles. The van der Waals surface area contributed by atoms with Crippen LogP contribution in [0.3, 0.4) is 0 Å². The zero-order valence-electron chi connectivity index (χ0n) is 27.0. The number of ether oxygens (including phenoxy) is 1. The Morgan fingerprint density at radius 3 is 1.55 bits per heavy atom. The quantitative estimate of drug-likeness (QED) is 0.0390. The zero-order valence-corrected chi connectivity index (χ0v) is 27.9. The lowest BCUT2D eigenvalue weighted by molar-refractivity contribution is -0.147. The van der Waals surface area contributed by atoms with Crippen molar-refractivity contribution in [1.82, 2.24) is 5.32 Å². The summed E-state index contributed by atoms with van der Waals surface area (Å²) in [5.74, 6) is -0.515. The highest BCUT2D eigenvalue weighted by Crippen LogP contribution is 2.42. The van der Waals surface area contributed by atoms with E-state index < -0.39 is 26.5 Å². The van der Waals surface area contributed by atoms with E-state index in [9.17, 15) is 24.2 Å². The van der Waals surface area contributed by atoms with Gasteiger partial charge in [0.25, 0.3) is 0 Å². The van der Waals surface area contributed by atoms with Crippen molar-refractivity contribution in [1.29, 1.82) is 0 Å². The molecule has 0 aromatic heterocycles. The van der Waals surface area contributed by atoms with Crippen molar-refractivity contribution in [2.24, 2.45) is 0 Å². The van der Waals surface area contributed by atoms with Crippen LogP contribution in [0.25, 0.3) is 0 Å². The van der Waals surface area contributed by atoms with Gasteiger partial charge in [-0.25, -0.2) is 4.57 Å². The van der Waals surface area contributed by atoms with Gasteiger partial charge in [0.2, 0.25) is 5.91 Å². The molecule has 0 bridgehead atoms. The fourth-order valence-corrected chi connectivity index (χ4v) is 5.43. The van der Waals surface area contributed by atoms with Gasteiger partial charge in [-0.05, 0) is 12.8 Å². The van der Waals surface area contributed by atoms with Crippen LogP contribution in [0.2, 0.25) is 0 Å². The van der Waals surface area contributed by atoms with Crippen LogP contribution in [0.1, 0.15) is 162 Å². The summed E-state index contributed by atoms with van der Waals surface area (Å²) < 4.78 is 26.6. The molecule has 9 nitrogen and oxygen atoms in total. The third-order valence-electron chi connectivity index (χ3n) is 7.29. The number of hydrogen-bond acceptors (Lipinski definition) is 7. The number of carbonyl (C=O) groups excluding carboxylic acids is 2. The standard InChI is InChI=1S/C32H64NO8P/c1-3-5-7-9-11-13-15-17-19-21-23-25-32(36)39-28-30(34)29-41-42(37,38)40-27-26-33-31(35)24-22-20-18-16-14-12-10-8-6-4-2/h30,34H,3-29H2,1-2H3,(H,33,35)(H,37,38). The van der Waals surface area contributed by atoms with Crippen LogP contribution in [0.5, 0.6) is 0 Å². The van der Waals surface area contributed by atoms with Gasteiger partial charge in [0.05, 0.1) is 13.2 Å². The van der Waals surface area contributed by atoms with Crippen molar-refractivity contribution < 1.29 is 37.9 Å². The summed E-state index contributed by atoms with van der Waals surface area (Å²) in [5.41, 5.74) is 0. The highest BCUT2D eigenvalue weighted by Gasteiger charge is 2.23. The Hall–Kier alpha value is -0.990. The van der Waals surface area contributed by atoms with E-state index in [0.29, 0.717) is 6.42 Å². The van der Waals surface area contributed by atoms with Gasteiger partial charge in [0, 0.05) is 19.4 Å². The van der Waals surface area contributed by atoms with Crippen molar-refractivity contribution in [3.05, 3.63) is 0 Å². The second kappa shape index (κ2) is 30.1. The maximum absolute atomic E-state index is 12.0. The molecule has 1 amide bonds. The van der Waals surface area contributed by atoms with Crippen LogP contribution in [0.15, 0.2) is 0 Å². The van der Waals surface area contributed by atoms with Crippen LogP contribution < -0.4 is 5.32 Å². The molecule has 0 aromatic carbocycles. The number of aliphatic hydroxyl groups is 1. The molecule has 0 saturated heterocycles. The summed E-state index contributed by atoms with van der Waals surface area (Å²) in [7, 11) is -4.39. The monoisotopic (exact) mass is 621 g/mol. The van der Waals surface area contributed by atoms with Crippen LogP contribution in [0, 0.1) is 0 Å². The smallest absolute Gasteiger partial charge is 0.463 e. The van der Waals surface area contributed by atoms with E-state index in [4.69, 9.17) is 13.8 Å². The Morgan fingerprint density at radius 1 is 0.643 bits per heavy atom. The van der Waals surface area contributed by atoms with Crippen molar-refractivity contribution in [2.45, 2.75) is 168 Å². The minimum absolute atomic E-state index is 0.0870. The molecular formula is C32H64NO8P. The summed E-state index contributed by atoms with van der Waals surface area (Å²) in [6.07, 6.45) is 24.6. The average molecular weight is 622 g/mol. The van der Waals surface area contributed by atoms with Crippen LogP contribution in [-0.2, 0) is 27.9 Å². The van der Waals surface area contributed by atoms with Crippen LogP contribution in [-0.4, -0.2) is 54.3 Å². The number of unbranched alkanes of at least 4 members (excludes halogenated alkanes) is 19. The maximum Gasteiger partial charge on any atom is 0.472 e. The molecule has 0 rings (SSSR count). The number of hydrogen-bond donors (Lipinski definition) is 3. The summed E-state index contributed by atoms with van der Waals surface area (Å²) in [4.78, 5) is 33.5. The number of amides is 1. The van der Waals surface area contributed by atoms with Crippen LogP contribution >= 0.6 is 7.82 Å². The Kier molecular flexibility index (Phi) is 29.3. The molecule has 0 aliphatic rings. The van der Waals surface area contributed by atoms with Crippen molar-refractivity contribution >= 4 is 19.7 Å². The summed E-state index contributed by atoms with van der Waals surface area (Å²) in [6.45, 7) is 3.52. The van der Waals surface area contributed by atoms with Gasteiger partial charge in [-0.1, -0.05) is 136 Å². The molecule has 0 radical (unpaired) electrons. The largest absolute Gasteiger partial charge is 0.472 e. The summed E-state index contributed by atoms with van der Waals surface area (Å²) >= 11 is 0. The Balaban J connectivity index is 3.64. The van der Waals surface area contributed by atoms with Gasteiger partial charge in [0.1, 0.15) is 12.7 Å². The predicted molar refractivity (Wildman–Crippen MR) is 169 cm³/mol. The molecule has 10 heteroatoms. The van der Waals surface area contributed by atoms with Crippen molar-refractivity contribution in [3.8, 4) is 0 Å². The molecule has 0 aliphatic carbocycles. The predicted octanol–water partition coefficient (Wildman–Crippen LogP) is 8.15. The highest BCUT2D eigenvalue weighted by atomic mass is 31.2. The molecule has 0 fully saturated rings. The number of aliphatic hydroxyl groups excluding tert-OH is 1. The van der Waals surface area contributed by atoms with Gasteiger partial charge in [-0.3, -0.25) is 18.6 Å². The van der Waals surface area contributed by atoms with E-state index >= 15 is 0 Å². The molecule has 0 heterocycles. The van der Waals surface area contributed by atoms with E-state index in [1.165, 1.54) is 96.3 Å². The minimum atomic E-state index is -4.39. The Labute approximate surface area is 256 Å². The normalized spacial score (nSPS) is 13.5. The number of carbonyl (C=O) groups is 2. The number of nitrogens with one attached hydrogen (secondary N) is 1. The van der Waals surface area contributed by atoms with Gasteiger partial charge >= 0.3 is 13.8 Å². The van der Waals surface area contributed by atoms with Crippen molar-refractivity contribution in [2.75, 3.05) is 26.4 Å². The maximum atomic E-state index is 12.0. The first-order valence-corrected chi connectivity index (χ1v) is 18.5. The Morgan fingerprint density at radius 2 is 1.07 bits per heavy atom. The molecular weight excluding hydrogens is 557 g/mol. The van der Waals surface area contributed by atoms with E-state index in [-0.39, 0.29) is 32.1 Å². The lowest BCUT2D eigenvalue weighted by atomic mass is 10.1. The van der Waals surface area contributed by atoms with E-state index in [1.54, 1.807) is 0 Å². The van der Waals surface area contributed by atoms with Gasteiger partial charge in [-0.15, -0.1) is 0 Å². The fraction of sp³-hybridized carbons (Fsp3) is 0.938. The molecule has 2 atom stereocenters. The Bertz CT molecular complexity index is 679. The first-order valence-electron chi connectivity index (χ1n) is 17.0. The first-order chi connectivity index (χ1) is 20.3. The van der Waals surface area contributed by atoms with E-state index in [2.05, 4.69) is 19.2 Å². The highest BCUT2D eigenvalue weighted by molar-refractivity contribution is 7.47. The average Bonchev–Trinajstić information content (AvgIpc) is 2.97. The number of esters is 1. The molecule has 0 aromatic rings. The molecule has 42 heavy (non-hydrogen) atoms. The third-order valence-corrected chi connectivity index (χ3v) is 8.27. The second-order valence-electron chi connectivity index (χ2n) is 11.5.